The van der Waals surface area contributed by atoms with Gasteiger partial charge in [-0.2, -0.15) is 0 Å². The molecule has 0 saturated heterocycles. The number of hydrogen-bond acceptors (Lipinski definition) is 4. The van der Waals surface area contributed by atoms with E-state index in [0.717, 1.165) is 28.1 Å². The molecule has 0 spiro atoms. The van der Waals surface area contributed by atoms with Gasteiger partial charge in [-0.1, -0.05) is 29.5 Å². The van der Waals surface area contributed by atoms with E-state index in [2.05, 4.69) is 20.3 Å². The van der Waals surface area contributed by atoms with E-state index in [1.54, 1.807) is 4.68 Å². The highest BCUT2D eigenvalue weighted by Gasteiger charge is 2.08. The van der Waals surface area contributed by atoms with Crippen LogP contribution in [-0.4, -0.2) is 38.7 Å². The minimum atomic E-state index is 0. The van der Waals surface area contributed by atoms with Crippen molar-refractivity contribution in [3.63, 3.8) is 0 Å². The fraction of sp³-hybridized carbons (Fsp3) is 0.273. The van der Waals surface area contributed by atoms with E-state index >= 15 is 0 Å². The van der Waals surface area contributed by atoms with Crippen LogP contribution in [0.4, 0.5) is 0 Å². The van der Waals surface area contributed by atoms with E-state index in [9.17, 15) is 0 Å². The lowest BCUT2D eigenvalue weighted by Gasteiger charge is -2.05. The molecule has 166 valence electrons. The van der Waals surface area contributed by atoms with Crippen molar-refractivity contribution in [2.45, 2.75) is 39.8 Å². The monoisotopic (exact) mass is 461 g/mol. The number of aromatic nitrogens is 3. The van der Waals surface area contributed by atoms with Gasteiger partial charge in [0, 0.05) is 28.8 Å². The number of aliphatic imine (C=N–C) groups is 2. The third-order valence-corrected chi connectivity index (χ3v) is 4.19. The minimum Gasteiger partial charge on any atom is -0.383 e. The highest BCUT2D eigenvalue weighted by atomic mass is 35.5. The zero-order valence-corrected chi connectivity index (χ0v) is 19.7. The highest BCUT2D eigenvalue weighted by Crippen LogP contribution is 2.19. The standard InChI is InChI=1S/C22H27N7.2ClH/c1-14(2)25-21(23)17-7-5-16(6-8-17)20-13-29(28-27-20)19-11-9-18(10-12-19)22(24)26-15(3)4;;/h5-15H,1-4H3,(H2,23,25)(H2,24,26);2*1H. The molecule has 0 radical (unpaired) electrons. The van der Waals surface area contributed by atoms with Crippen LogP contribution in [0.5, 0.6) is 0 Å². The van der Waals surface area contributed by atoms with Crippen LogP contribution in [0.1, 0.15) is 38.8 Å². The van der Waals surface area contributed by atoms with E-state index < -0.39 is 0 Å². The molecule has 0 atom stereocenters. The van der Waals surface area contributed by atoms with Crippen molar-refractivity contribution in [2.75, 3.05) is 0 Å². The first-order chi connectivity index (χ1) is 13.8. The molecule has 9 heteroatoms. The second-order valence-electron chi connectivity index (χ2n) is 7.39. The first-order valence-corrected chi connectivity index (χ1v) is 9.64. The average Bonchev–Trinajstić information content (AvgIpc) is 3.17. The molecule has 0 aliphatic carbocycles. The van der Waals surface area contributed by atoms with Gasteiger partial charge >= 0.3 is 0 Å². The number of halogens is 2. The molecular formula is C22H29Cl2N7. The molecule has 1 aromatic heterocycles. The van der Waals surface area contributed by atoms with Gasteiger partial charge < -0.3 is 11.5 Å². The van der Waals surface area contributed by atoms with Crippen LogP contribution in [0, 0.1) is 0 Å². The fourth-order valence-corrected chi connectivity index (χ4v) is 2.82. The third-order valence-electron chi connectivity index (χ3n) is 4.19. The molecule has 0 saturated carbocycles. The maximum atomic E-state index is 6.03. The van der Waals surface area contributed by atoms with Crippen molar-refractivity contribution in [2.24, 2.45) is 21.5 Å². The summed E-state index contributed by atoms with van der Waals surface area (Å²) in [6.45, 7) is 7.99. The molecular weight excluding hydrogens is 433 g/mol. The predicted molar refractivity (Wildman–Crippen MR) is 133 cm³/mol. The van der Waals surface area contributed by atoms with Crippen molar-refractivity contribution in [3.8, 4) is 16.9 Å². The van der Waals surface area contributed by atoms with Crippen LogP contribution in [-0.2, 0) is 0 Å². The molecule has 0 aliphatic heterocycles. The summed E-state index contributed by atoms with van der Waals surface area (Å²) in [5, 5.41) is 8.53. The Morgan fingerprint density at radius 1 is 0.774 bits per heavy atom. The summed E-state index contributed by atoms with van der Waals surface area (Å²) in [7, 11) is 0. The zero-order valence-electron chi connectivity index (χ0n) is 18.1. The van der Waals surface area contributed by atoms with E-state index in [1.807, 2.05) is 82.4 Å². The van der Waals surface area contributed by atoms with Crippen molar-refractivity contribution in [1.82, 2.24) is 15.0 Å². The summed E-state index contributed by atoms with van der Waals surface area (Å²) in [4.78, 5) is 8.75. The Morgan fingerprint density at radius 2 is 1.23 bits per heavy atom. The number of nitrogens with zero attached hydrogens (tertiary/aromatic N) is 5. The predicted octanol–water partition coefficient (Wildman–Crippen LogP) is 4.01. The Bertz CT molecular complexity index is 939. The van der Waals surface area contributed by atoms with Gasteiger partial charge in [-0.05, 0) is 52.0 Å². The van der Waals surface area contributed by atoms with Crippen molar-refractivity contribution in [1.29, 1.82) is 0 Å². The summed E-state index contributed by atoms with van der Waals surface area (Å²) < 4.78 is 1.73. The Hall–Kier alpha value is -2.90. The van der Waals surface area contributed by atoms with Crippen LogP contribution in [0.15, 0.2) is 64.7 Å². The van der Waals surface area contributed by atoms with Crippen LogP contribution in [0.2, 0.25) is 0 Å². The minimum absolute atomic E-state index is 0. The van der Waals surface area contributed by atoms with Crippen LogP contribution < -0.4 is 11.5 Å². The van der Waals surface area contributed by atoms with Crippen molar-refractivity contribution >= 4 is 36.5 Å². The Morgan fingerprint density at radius 3 is 1.68 bits per heavy atom. The number of rotatable bonds is 6. The van der Waals surface area contributed by atoms with E-state index in [1.165, 1.54) is 0 Å². The molecule has 0 unspecified atom stereocenters. The van der Waals surface area contributed by atoms with E-state index in [4.69, 9.17) is 11.5 Å². The molecule has 4 N–H and O–H groups in total. The molecule has 1 heterocycles. The number of nitrogens with two attached hydrogens (primary N) is 2. The fourth-order valence-electron chi connectivity index (χ4n) is 2.82. The van der Waals surface area contributed by atoms with Gasteiger partial charge in [0.05, 0.1) is 11.9 Å². The highest BCUT2D eigenvalue weighted by molar-refractivity contribution is 5.98. The van der Waals surface area contributed by atoms with Gasteiger partial charge in [-0.15, -0.1) is 29.9 Å². The molecule has 3 rings (SSSR count). The average molecular weight is 462 g/mol. The van der Waals surface area contributed by atoms with Crippen LogP contribution in [0.3, 0.4) is 0 Å². The first kappa shape index (κ1) is 26.1. The zero-order chi connectivity index (χ0) is 21.0. The lowest BCUT2D eigenvalue weighted by atomic mass is 10.1. The Balaban J connectivity index is 0.00000240. The van der Waals surface area contributed by atoms with Gasteiger partial charge in [0.15, 0.2) is 0 Å². The van der Waals surface area contributed by atoms with Crippen molar-refractivity contribution < 1.29 is 0 Å². The number of benzene rings is 2. The summed E-state index contributed by atoms with van der Waals surface area (Å²) in [5.41, 5.74) is 16.5. The maximum Gasteiger partial charge on any atom is 0.125 e. The first-order valence-electron chi connectivity index (χ1n) is 9.64. The van der Waals surface area contributed by atoms with Gasteiger partial charge in [0.2, 0.25) is 0 Å². The summed E-state index contributed by atoms with van der Waals surface area (Å²) in [6.07, 6.45) is 1.89. The molecule has 0 fully saturated rings. The van der Waals surface area contributed by atoms with Gasteiger partial charge in [0.25, 0.3) is 0 Å². The number of amidine groups is 2. The third kappa shape index (κ3) is 6.80. The molecule has 0 bridgehead atoms. The Kier molecular flexibility index (Phi) is 9.68. The van der Waals surface area contributed by atoms with E-state index in [-0.39, 0.29) is 36.9 Å². The molecule has 0 amide bonds. The number of hydrogen-bond donors (Lipinski definition) is 2. The SMILES string of the molecule is CC(C)N=C(N)c1ccc(-c2cn(-c3ccc(C(N)=NC(C)C)cc3)nn2)cc1.Cl.Cl. The quantitative estimate of drug-likeness (QED) is 0.426. The summed E-state index contributed by atoms with van der Waals surface area (Å²) >= 11 is 0. The second kappa shape index (κ2) is 11.5. The molecule has 7 nitrogen and oxygen atoms in total. The van der Waals surface area contributed by atoms with Crippen LogP contribution >= 0.6 is 24.8 Å². The second-order valence-corrected chi connectivity index (χ2v) is 7.39. The molecule has 0 aliphatic rings. The van der Waals surface area contributed by atoms with E-state index in [0.29, 0.717) is 11.7 Å². The lowest BCUT2D eigenvalue weighted by molar-refractivity contribution is 0.803. The topological polar surface area (TPSA) is 107 Å². The molecule has 2 aromatic carbocycles. The molecule has 31 heavy (non-hydrogen) atoms. The van der Waals surface area contributed by atoms with Crippen LogP contribution in [0.25, 0.3) is 16.9 Å². The van der Waals surface area contributed by atoms with Gasteiger partial charge in [-0.3, -0.25) is 9.98 Å². The molecule has 3 aromatic rings. The van der Waals surface area contributed by atoms with Crippen molar-refractivity contribution in [3.05, 3.63) is 65.9 Å². The maximum absolute atomic E-state index is 6.03. The smallest absolute Gasteiger partial charge is 0.125 e. The Labute approximate surface area is 195 Å². The summed E-state index contributed by atoms with van der Waals surface area (Å²) in [6, 6.07) is 15.9. The van der Waals surface area contributed by atoms with Gasteiger partial charge in [0.1, 0.15) is 17.4 Å². The largest absolute Gasteiger partial charge is 0.383 e. The lowest BCUT2D eigenvalue weighted by Crippen LogP contribution is -2.15. The summed E-state index contributed by atoms with van der Waals surface area (Å²) in [5.74, 6) is 1.07. The van der Waals surface area contributed by atoms with Gasteiger partial charge in [-0.25, -0.2) is 4.68 Å². The normalized spacial score (nSPS) is 11.9.